The second-order valence-electron chi connectivity index (χ2n) is 5.79. The van der Waals surface area contributed by atoms with Crippen LogP contribution in [0.1, 0.15) is 24.4 Å². The Morgan fingerprint density at radius 2 is 1.81 bits per heavy atom. The molecule has 0 unspecified atom stereocenters. The van der Waals surface area contributed by atoms with E-state index in [0.29, 0.717) is 29.0 Å². The van der Waals surface area contributed by atoms with Crippen LogP contribution in [0.5, 0.6) is 5.75 Å². The molecule has 0 radical (unpaired) electrons. The lowest BCUT2D eigenvalue weighted by atomic mass is 10.2. The van der Waals surface area contributed by atoms with E-state index in [9.17, 15) is 9.59 Å². The van der Waals surface area contributed by atoms with Crippen molar-refractivity contribution >= 4 is 45.8 Å². The summed E-state index contributed by atoms with van der Waals surface area (Å²) in [5.41, 5.74) is 1.28. The molecule has 3 aromatic rings. The number of para-hydroxylation sites is 3. The molecule has 6 nitrogen and oxygen atoms in total. The first-order valence-electron chi connectivity index (χ1n) is 8.51. The number of alkyl halides is 1. The van der Waals surface area contributed by atoms with Gasteiger partial charge in [-0.2, -0.15) is 0 Å². The fraction of sp³-hybridized carbons (Fsp3) is 0.200. The number of anilines is 2. The summed E-state index contributed by atoms with van der Waals surface area (Å²) in [6, 6.07) is 14.2. The van der Waals surface area contributed by atoms with E-state index in [1.54, 1.807) is 49.4 Å². The molecule has 3 rings (SSSR count). The van der Waals surface area contributed by atoms with Crippen molar-refractivity contribution in [2.45, 2.75) is 19.2 Å². The van der Waals surface area contributed by atoms with Crippen LogP contribution in [0.2, 0.25) is 0 Å². The van der Waals surface area contributed by atoms with Crippen LogP contribution in [0.25, 0.3) is 11.0 Å². The Morgan fingerprint density at radius 1 is 1.11 bits per heavy atom. The Kier molecular flexibility index (Phi) is 5.66. The number of furan rings is 1. The number of halogens is 1. The summed E-state index contributed by atoms with van der Waals surface area (Å²) in [7, 11) is 0. The van der Waals surface area contributed by atoms with Gasteiger partial charge in [0.05, 0.1) is 12.3 Å². The van der Waals surface area contributed by atoms with E-state index >= 15 is 0 Å². The van der Waals surface area contributed by atoms with Gasteiger partial charge in [0.1, 0.15) is 22.4 Å². The largest absolute Gasteiger partial charge is 0.492 e. The normalized spacial score (nSPS) is 11.8. The van der Waals surface area contributed by atoms with Crippen molar-refractivity contribution in [2.75, 3.05) is 17.2 Å². The van der Waals surface area contributed by atoms with Gasteiger partial charge in [-0.3, -0.25) is 9.59 Å². The lowest BCUT2D eigenvalue weighted by molar-refractivity contribution is -0.115. The van der Waals surface area contributed by atoms with E-state index in [4.69, 9.17) is 20.8 Å². The molecule has 0 bridgehead atoms. The first-order valence-corrected chi connectivity index (χ1v) is 8.94. The van der Waals surface area contributed by atoms with Crippen molar-refractivity contribution in [3.8, 4) is 5.75 Å². The van der Waals surface area contributed by atoms with E-state index < -0.39 is 17.2 Å². The fourth-order valence-electron chi connectivity index (χ4n) is 2.58. The van der Waals surface area contributed by atoms with Gasteiger partial charge >= 0.3 is 0 Å². The highest BCUT2D eigenvalue weighted by Crippen LogP contribution is 2.33. The Hall–Kier alpha value is -2.99. The minimum Gasteiger partial charge on any atom is -0.492 e. The maximum absolute atomic E-state index is 12.9. The summed E-state index contributed by atoms with van der Waals surface area (Å²) >= 11 is 5.85. The Morgan fingerprint density at radius 3 is 2.56 bits per heavy atom. The van der Waals surface area contributed by atoms with Gasteiger partial charge in [0, 0.05) is 5.39 Å². The maximum atomic E-state index is 12.9. The van der Waals surface area contributed by atoms with Crippen molar-refractivity contribution in [1.82, 2.24) is 0 Å². The van der Waals surface area contributed by atoms with E-state index in [1.165, 1.54) is 0 Å². The Labute approximate surface area is 161 Å². The molecule has 2 N–H and O–H groups in total. The molecule has 0 aliphatic carbocycles. The van der Waals surface area contributed by atoms with Crippen LogP contribution < -0.4 is 15.4 Å². The first-order chi connectivity index (χ1) is 13.0. The quantitative estimate of drug-likeness (QED) is 0.604. The van der Waals surface area contributed by atoms with E-state index in [0.717, 1.165) is 0 Å². The van der Waals surface area contributed by atoms with Crippen LogP contribution in [-0.2, 0) is 4.79 Å². The average molecular weight is 387 g/mol. The Bertz CT molecular complexity index is 981. The van der Waals surface area contributed by atoms with Crippen LogP contribution in [0.15, 0.2) is 52.9 Å². The number of carbonyl (C=O) groups excluding carboxylic acids is 2. The molecule has 27 heavy (non-hydrogen) atoms. The summed E-state index contributed by atoms with van der Waals surface area (Å²) in [6.45, 7) is 3.88. The zero-order valence-corrected chi connectivity index (χ0v) is 15.7. The molecule has 0 spiro atoms. The number of fused-ring (bicyclic) bond motifs is 1. The number of ether oxygens (including phenoxy) is 1. The molecule has 1 aromatic heterocycles. The van der Waals surface area contributed by atoms with Gasteiger partial charge in [-0.15, -0.1) is 11.6 Å². The van der Waals surface area contributed by atoms with Gasteiger partial charge in [-0.05, 0) is 38.1 Å². The molecule has 0 saturated carbocycles. The molecule has 140 valence electrons. The first kappa shape index (κ1) is 18.8. The molecule has 7 heteroatoms. The highest BCUT2D eigenvalue weighted by Gasteiger charge is 2.24. The number of rotatable bonds is 6. The van der Waals surface area contributed by atoms with Crippen molar-refractivity contribution in [2.24, 2.45) is 0 Å². The number of hydrogen-bond acceptors (Lipinski definition) is 4. The maximum Gasteiger partial charge on any atom is 0.293 e. The number of benzene rings is 2. The smallest absolute Gasteiger partial charge is 0.293 e. The molecule has 2 amide bonds. The number of carbonyl (C=O) groups is 2. The third kappa shape index (κ3) is 4.06. The summed E-state index contributed by atoms with van der Waals surface area (Å²) < 4.78 is 11.2. The van der Waals surface area contributed by atoms with E-state index in [1.807, 2.05) is 13.0 Å². The second-order valence-corrected chi connectivity index (χ2v) is 6.45. The Balaban J connectivity index is 1.98. The monoisotopic (exact) mass is 386 g/mol. The van der Waals surface area contributed by atoms with Crippen molar-refractivity contribution in [3.05, 3.63) is 54.3 Å². The van der Waals surface area contributed by atoms with Crippen molar-refractivity contribution in [3.63, 3.8) is 0 Å². The van der Waals surface area contributed by atoms with Crippen LogP contribution in [0.4, 0.5) is 11.4 Å². The van der Waals surface area contributed by atoms with Gasteiger partial charge in [0.15, 0.2) is 0 Å². The van der Waals surface area contributed by atoms with Crippen LogP contribution in [0.3, 0.4) is 0 Å². The lowest BCUT2D eigenvalue weighted by Crippen LogP contribution is -2.22. The molecule has 1 heterocycles. The third-order valence-electron chi connectivity index (χ3n) is 3.85. The minimum atomic E-state index is -0.756. The van der Waals surface area contributed by atoms with Crippen LogP contribution in [0, 0.1) is 0 Å². The van der Waals surface area contributed by atoms with Crippen LogP contribution in [-0.4, -0.2) is 23.8 Å². The number of hydrogen-bond donors (Lipinski definition) is 2. The predicted molar refractivity (Wildman–Crippen MR) is 106 cm³/mol. The van der Waals surface area contributed by atoms with Crippen LogP contribution >= 0.6 is 11.6 Å². The van der Waals surface area contributed by atoms with Gasteiger partial charge < -0.3 is 19.8 Å². The molecule has 1 atom stereocenters. The summed E-state index contributed by atoms with van der Waals surface area (Å²) in [5, 5.41) is 5.32. The lowest BCUT2D eigenvalue weighted by Gasteiger charge is -2.11. The summed E-state index contributed by atoms with van der Waals surface area (Å²) in [5.74, 6) is -0.388. The van der Waals surface area contributed by atoms with E-state index in [-0.39, 0.29) is 11.4 Å². The molecular weight excluding hydrogens is 368 g/mol. The average Bonchev–Trinajstić information content (AvgIpc) is 3.02. The SMILES string of the molecule is CCOc1ccccc1NC(=O)c1oc2ccccc2c1NC(=O)[C@H](C)Cl. The van der Waals surface area contributed by atoms with Gasteiger partial charge in [-0.25, -0.2) is 0 Å². The van der Waals surface area contributed by atoms with Gasteiger partial charge in [0.2, 0.25) is 11.7 Å². The zero-order valence-electron chi connectivity index (χ0n) is 14.9. The minimum absolute atomic E-state index is 0.00633. The van der Waals surface area contributed by atoms with Crippen molar-refractivity contribution < 1.29 is 18.7 Å². The topological polar surface area (TPSA) is 80.6 Å². The predicted octanol–water partition coefficient (Wildman–Crippen LogP) is 4.65. The second kappa shape index (κ2) is 8.14. The molecule has 0 aliphatic rings. The zero-order chi connectivity index (χ0) is 19.4. The molecular formula is C20H19ClN2O4. The fourth-order valence-corrected chi connectivity index (χ4v) is 2.64. The summed E-state index contributed by atoms with van der Waals surface area (Å²) in [6.07, 6.45) is 0. The third-order valence-corrected chi connectivity index (χ3v) is 4.04. The molecule has 0 fully saturated rings. The number of nitrogens with one attached hydrogen (secondary N) is 2. The van der Waals surface area contributed by atoms with E-state index in [2.05, 4.69) is 10.6 Å². The van der Waals surface area contributed by atoms with Gasteiger partial charge in [0.25, 0.3) is 5.91 Å². The highest BCUT2D eigenvalue weighted by atomic mass is 35.5. The molecule has 0 saturated heterocycles. The highest BCUT2D eigenvalue weighted by molar-refractivity contribution is 6.33. The van der Waals surface area contributed by atoms with Gasteiger partial charge in [-0.1, -0.05) is 24.3 Å². The molecule has 2 aromatic carbocycles. The number of amides is 2. The van der Waals surface area contributed by atoms with Crippen molar-refractivity contribution in [1.29, 1.82) is 0 Å². The molecule has 0 aliphatic heterocycles. The standard InChI is InChI=1S/C20H19ClN2O4/c1-3-26-16-11-7-5-9-14(16)22-20(25)18-17(23-19(24)12(2)21)13-8-4-6-10-15(13)27-18/h4-12H,3H2,1-2H3,(H,22,25)(H,23,24)/t12-/m0/s1. The summed E-state index contributed by atoms with van der Waals surface area (Å²) in [4.78, 5) is 25.0.